The van der Waals surface area contributed by atoms with Crippen LogP contribution < -0.4 is 15.6 Å². The lowest BCUT2D eigenvalue weighted by atomic mass is 10.2. The highest BCUT2D eigenvalue weighted by Crippen LogP contribution is 2.28. The zero-order valence-corrected chi connectivity index (χ0v) is 18.1. The predicted octanol–water partition coefficient (Wildman–Crippen LogP) is 4.20. The smallest absolute Gasteiger partial charge is 0.266 e. The molecule has 4 rings (SSSR count). The van der Waals surface area contributed by atoms with Gasteiger partial charge in [-0.2, -0.15) is 0 Å². The van der Waals surface area contributed by atoms with Gasteiger partial charge in [-0.05, 0) is 43.2 Å². The molecule has 0 saturated heterocycles. The molecule has 0 radical (unpaired) electrons. The molecule has 30 heavy (non-hydrogen) atoms. The third-order valence-corrected chi connectivity index (χ3v) is 6.43. The van der Waals surface area contributed by atoms with Gasteiger partial charge in [0, 0.05) is 6.04 Å². The fourth-order valence-electron chi connectivity index (χ4n) is 3.70. The Morgan fingerprint density at radius 1 is 1.27 bits per heavy atom. The summed E-state index contributed by atoms with van der Waals surface area (Å²) in [6, 6.07) is 12.6. The van der Waals surface area contributed by atoms with Crippen molar-refractivity contribution in [2.45, 2.75) is 36.9 Å². The molecule has 1 heterocycles. The largest absolute Gasteiger partial charge is 0.495 e. The second-order valence-corrected chi connectivity index (χ2v) is 8.56. The third-order valence-electron chi connectivity index (χ3n) is 5.19. The number of aromatic nitrogens is 2. The van der Waals surface area contributed by atoms with Crippen molar-refractivity contribution in [3.8, 4) is 11.4 Å². The Kier molecular flexibility index (Phi) is 6.29. The van der Waals surface area contributed by atoms with Crippen molar-refractivity contribution in [1.82, 2.24) is 14.9 Å². The molecule has 6 nitrogen and oxygen atoms in total. The minimum atomic E-state index is -0.208. The summed E-state index contributed by atoms with van der Waals surface area (Å²) in [5.41, 5.74) is 0.959. The lowest BCUT2D eigenvalue weighted by molar-refractivity contribution is -0.119. The van der Waals surface area contributed by atoms with Crippen LogP contribution in [0.1, 0.15) is 25.7 Å². The molecule has 1 aliphatic carbocycles. The summed E-state index contributed by atoms with van der Waals surface area (Å²) < 4.78 is 6.72. The second-order valence-electron chi connectivity index (χ2n) is 7.21. The van der Waals surface area contributed by atoms with E-state index in [1.54, 1.807) is 36.4 Å². The molecular weight excluding hydrogens is 422 g/mol. The van der Waals surface area contributed by atoms with E-state index in [-0.39, 0.29) is 23.3 Å². The SMILES string of the molecule is COc1ccc(-n2c(SCC(=O)NC3CCCC3)nc3ccccc3c2=O)cc1Cl. The molecule has 156 valence electrons. The zero-order valence-electron chi connectivity index (χ0n) is 16.6. The highest BCUT2D eigenvalue weighted by Gasteiger charge is 2.19. The molecule has 0 aliphatic heterocycles. The van der Waals surface area contributed by atoms with Crippen LogP contribution in [0.5, 0.6) is 5.75 Å². The molecule has 0 unspecified atom stereocenters. The Balaban J connectivity index is 1.70. The Labute approximate surface area is 183 Å². The van der Waals surface area contributed by atoms with E-state index in [4.69, 9.17) is 16.3 Å². The van der Waals surface area contributed by atoms with Crippen molar-refractivity contribution in [3.63, 3.8) is 0 Å². The van der Waals surface area contributed by atoms with Crippen LogP contribution in [0.2, 0.25) is 5.02 Å². The molecule has 2 aromatic carbocycles. The van der Waals surface area contributed by atoms with Gasteiger partial charge in [-0.1, -0.05) is 48.3 Å². The number of fused-ring (bicyclic) bond motifs is 1. The molecule has 0 atom stereocenters. The molecule has 3 aromatic rings. The van der Waals surface area contributed by atoms with Crippen LogP contribution in [-0.4, -0.2) is 34.4 Å². The van der Waals surface area contributed by atoms with Crippen LogP contribution in [0.15, 0.2) is 52.4 Å². The monoisotopic (exact) mass is 443 g/mol. The van der Waals surface area contributed by atoms with Gasteiger partial charge < -0.3 is 10.1 Å². The Morgan fingerprint density at radius 3 is 2.77 bits per heavy atom. The van der Waals surface area contributed by atoms with Crippen molar-refractivity contribution < 1.29 is 9.53 Å². The molecule has 1 amide bonds. The fraction of sp³-hybridized carbons (Fsp3) is 0.318. The van der Waals surface area contributed by atoms with Crippen LogP contribution in [0.4, 0.5) is 0 Å². The quantitative estimate of drug-likeness (QED) is 0.456. The summed E-state index contributed by atoms with van der Waals surface area (Å²) in [5.74, 6) is 0.659. The van der Waals surface area contributed by atoms with E-state index in [0.29, 0.717) is 32.5 Å². The Hall–Kier alpha value is -2.51. The second kappa shape index (κ2) is 9.10. The van der Waals surface area contributed by atoms with Crippen LogP contribution in [0.25, 0.3) is 16.6 Å². The van der Waals surface area contributed by atoms with Gasteiger partial charge in [0.25, 0.3) is 5.56 Å². The van der Waals surface area contributed by atoms with Crippen molar-refractivity contribution in [2.75, 3.05) is 12.9 Å². The number of halogens is 1. The Morgan fingerprint density at radius 2 is 2.03 bits per heavy atom. The van der Waals surface area contributed by atoms with E-state index in [2.05, 4.69) is 10.3 Å². The molecule has 8 heteroatoms. The van der Waals surface area contributed by atoms with Gasteiger partial charge in [-0.3, -0.25) is 14.2 Å². The predicted molar refractivity (Wildman–Crippen MR) is 120 cm³/mol. The summed E-state index contributed by atoms with van der Waals surface area (Å²) in [6.07, 6.45) is 4.36. The van der Waals surface area contributed by atoms with Gasteiger partial charge in [0.15, 0.2) is 5.16 Å². The first kappa shape index (κ1) is 20.8. The van der Waals surface area contributed by atoms with Gasteiger partial charge in [-0.25, -0.2) is 4.98 Å². The first-order valence-electron chi connectivity index (χ1n) is 9.84. The topological polar surface area (TPSA) is 73.2 Å². The number of carbonyl (C=O) groups is 1. The summed E-state index contributed by atoms with van der Waals surface area (Å²) >= 11 is 7.54. The van der Waals surface area contributed by atoms with Crippen LogP contribution in [-0.2, 0) is 4.79 Å². The van der Waals surface area contributed by atoms with E-state index >= 15 is 0 Å². The first-order chi connectivity index (χ1) is 14.6. The molecular formula is C22H22ClN3O3S. The van der Waals surface area contributed by atoms with Crippen molar-refractivity contribution in [2.24, 2.45) is 0 Å². The van der Waals surface area contributed by atoms with Crippen molar-refractivity contribution in [1.29, 1.82) is 0 Å². The maximum atomic E-state index is 13.3. The minimum Gasteiger partial charge on any atom is -0.495 e. The van der Waals surface area contributed by atoms with Crippen LogP contribution in [0.3, 0.4) is 0 Å². The van der Waals surface area contributed by atoms with Crippen LogP contribution >= 0.6 is 23.4 Å². The Bertz CT molecular complexity index is 1140. The number of para-hydroxylation sites is 1. The number of ether oxygens (including phenoxy) is 1. The zero-order chi connectivity index (χ0) is 21.1. The maximum absolute atomic E-state index is 13.3. The molecule has 0 bridgehead atoms. The van der Waals surface area contributed by atoms with Gasteiger partial charge in [-0.15, -0.1) is 0 Å². The number of thioether (sulfide) groups is 1. The summed E-state index contributed by atoms with van der Waals surface area (Å²) in [5, 5.41) is 4.41. The lowest BCUT2D eigenvalue weighted by Gasteiger charge is -2.15. The molecule has 1 fully saturated rings. The molecule has 1 aromatic heterocycles. The first-order valence-corrected chi connectivity index (χ1v) is 11.2. The number of rotatable bonds is 6. The van der Waals surface area contributed by atoms with Crippen molar-refractivity contribution >= 4 is 40.2 Å². The number of benzene rings is 2. The van der Waals surface area contributed by atoms with Gasteiger partial charge >= 0.3 is 0 Å². The van der Waals surface area contributed by atoms with E-state index in [9.17, 15) is 9.59 Å². The third kappa shape index (κ3) is 4.32. The standard InChI is InChI=1S/C22H22ClN3O3S/c1-29-19-11-10-15(12-17(19)23)26-21(28)16-8-4-5-9-18(16)25-22(26)30-13-20(27)24-14-6-2-3-7-14/h4-5,8-12,14H,2-3,6-7,13H2,1H3,(H,24,27). The molecule has 0 spiro atoms. The number of hydrogen-bond donors (Lipinski definition) is 1. The number of nitrogens with zero attached hydrogens (tertiary/aromatic N) is 2. The maximum Gasteiger partial charge on any atom is 0.266 e. The number of methoxy groups -OCH3 is 1. The van der Waals surface area contributed by atoms with Gasteiger partial charge in [0.1, 0.15) is 5.75 Å². The normalized spacial score (nSPS) is 14.2. The van der Waals surface area contributed by atoms with E-state index < -0.39 is 0 Å². The fourth-order valence-corrected chi connectivity index (χ4v) is 4.78. The minimum absolute atomic E-state index is 0.0476. The number of nitrogens with one attached hydrogen (secondary N) is 1. The van der Waals surface area contributed by atoms with E-state index in [1.807, 2.05) is 6.07 Å². The summed E-state index contributed by atoms with van der Waals surface area (Å²) in [4.78, 5) is 30.4. The average Bonchev–Trinajstić information content (AvgIpc) is 3.25. The number of carbonyl (C=O) groups excluding carboxylic acids is 1. The van der Waals surface area contributed by atoms with E-state index in [1.165, 1.54) is 23.4 Å². The highest BCUT2D eigenvalue weighted by molar-refractivity contribution is 7.99. The number of amides is 1. The summed E-state index contributed by atoms with van der Waals surface area (Å²) in [6.45, 7) is 0. The summed E-state index contributed by atoms with van der Waals surface area (Å²) in [7, 11) is 1.54. The number of hydrogen-bond acceptors (Lipinski definition) is 5. The lowest BCUT2D eigenvalue weighted by Crippen LogP contribution is -2.34. The molecule has 1 N–H and O–H groups in total. The molecule has 1 saturated carbocycles. The molecule has 1 aliphatic rings. The van der Waals surface area contributed by atoms with Crippen molar-refractivity contribution in [3.05, 3.63) is 57.8 Å². The van der Waals surface area contributed by atoms with Gasteiger partial charge in [0.05, 0.1) is 34.5 Å². The van der Waals surface area contributed by atoms with E-state index in [0.717, 1.165) is 25.7 Å². The highest BCUT2D eigenvalue weighted by atomic mass is 35.5. The average molecular weight is 444 g/mol. The van der Waals surface area contributed by atoms with Gasteiger partial charge in [0.2, 0.25) is 5.91 Å². The van der Waals surface area contributed by atoms with Crippen LogP contribution in [0, 0.1) is 0 Å².